The highest BCUT2D eigenvalue weighted by Gasteiger charge is 2.13. The third-order valence-corrected chi connectivity index (χ3v) is 3.86. The van der Waals surface area contributed by atoms with Crippen LogP contribution in [0.2, 0.25) is 0 Å². The van der Waals surface area contributed by atoms with E-state index in [4.69, 9.17) is 0 Å². The molecule has 0 spiro atoms. The Morgan fingerprint density at radius 3 is 3.05 bits per heavy atom. The van der Waals surface area contributed by atoms with Crippen molar-refractivity contribution in [3.05, 3.63) is 39.9 Å². The van der Waals surface area contributed by atoms with E-state index in [-0.39, 0.29) is 5.91 Å². The molecule has 2 aromatic rings. The standard InChI is InChI=1S/C13H14N4OS/c1-8-16-17-13(19-8)15-12(18)10-3-2-9-4-5-14-7-11(9)6-10/h2-3,6,14H,4-5,7H2,1H3,(H,15,17,18). The Morgan fingerprint density at radius 1 is 1.37 bits per heavy atom. The Bertz CT molecular complexity index is 623. The van der Waals surface area contributed by atoms with Crippen LogP contribution in [0, 0.1) is 6.92 Å². The maximum absolute atomic E-state index is 12.1. The summed E-state index contributed by atoms with van der Waals surface area (Å²) in [7, 11) is 0. The van der Waals surface area contributed by atoms with Gasteiger partial charge in [0.1, 0.15) is 5.01 Å². The van der Waals surface area contributed by atoms with Crippen LogP contribution in [0.3, 0.4) is 0 Å². The molecule has 0 saturated carbocycles. The topological polar surface area (TPSA) is 66.9 Å². The number of carbonyl (C=O) groups is 1. The van der Waals surface area contributed by atoms with Crippen molar-refractivity contribution < 1.29 is 4.79 Å². The summed E-state index contributed by atoms with van der Waals surface area (Å²) in [6.45, 7) is 3.69. The number of hydrogen-bond donors (Lipinski definition) is 2. The zero-order chi connectivity index (χ0) is 13.2. The molecule has 19 heavy (non-hydrogen) atoms. The summed E-state index contributed by atoms with van der Waals surface area (Å²) in [6.07, 6.45) is 1.02. The number of rotatable bonds is 2. The van der Waals surface area contributed by atoms with Gasteiger partial charge in [-0.05, 0) is 43.1 Å². The molecule has 3 rings (SSSR count). The predicted molar refractivity (Wildman–Crippen MR) is 74.5 cm³/mol. The molecule has 0 unspecified atom stereocenters. The molecule has 6 heteroatoms. The average molecular weight is 274 g/mol. The minimum absolute atomic E-state index is 0.135. The number of amides is 1. The highest BCUT2D eigenvalue weighted by molar-refractivity contribution is 7.15. The number of hydrogen-bond acceptors (Lipinski definition) is 5. The van der Waals surface area contributed by atoms with Gasteiger partial charge in [0.2, 0.25) is 5.13 Å². The van der Waals surface area contributed by atoms with Gasteiger partial charge in [0.25, 0.3) is 5.91 Å². The van der Waals surface area contributed by atoms with Crippen molar-refractivity contribution in [1.82, 2.24) is 15.5 Å². The molecule has 0 fully saturated rings. The van der Waals surface area contributed by atoms with Crippen LogP contribution >= 0.6 is 11.3 Å². The average Bonchev–Trinajstić information content (AvgIpc) is 2.83. The first-order valence-corrected chi connectivity index (χ1v) is 6.98. The first-order valence-electron chi connectivity index (χ1n) is 6.16. The van der Waals surface area contributed by atoms with Crippen LogP contribution in [0.1, 0.15) is 26.5 Å². The zero-order valence-electron chi connectivity index (χ0n) is 10.6. The first-order chi connectivity index (χ1) is 9.22. The third-order valence-electron chi connectivity index (χ3n) is 3.10. The molecule has 2 N–H and O–H groups in total. The second kappa shape index (κ2) is 5.07. The van der Waals surface area contributed by atoms with Gasteiger partial charge in [-0.15, -0.1) is 10.2 Å². The van der Waals surface area contributed by atoms with Crippen molar-refractivity contribution in [2.45, 2.75) is 19.9 Å². The van der Waals surface area contributed by atoms with Crippen LogP contribution in [0.25, 0.3) is 0 Å². The second-order valence-electron chi connectivity index (χ2n) is 4.49. The summed E-state index contributed by atoms with van der Waals surface area (Å²) in [5.74, 6) is -0.135. The molecular formula is C13H14N4OS. The fourth-order valence-corrected chi connectivity index (χ4v) is 2.72. The fourth-order valence-electron chi connectivity index (χ4n) is 2.14. The predicted octanol–water partition coefficient (Wildman–Crippen LogP) is 1.74. The van der Waals surface area contributed by atoms with Gasteiger partial charge in [0.15, 0.2) is 0 Å². The fraction of sp³-hybridized carbons (Fsp3) is 0.308. The van der Waals surface area contributed by atoms with Gasteiger partial charge in [-0.1, -0.05) is 17.4 Å². The largest absolute Gasteiger partial charge is 0.312 e. The molecule has 1 amide bonds. The Labute approximate surface area is 115 Å². The molecule has 98 valence electrons. The number of benzene rings is 1. The van der Waals surface area contributed by atoms with Gasteiger partial charge in [0.05, 0.1) is 0 Å². The molecule has 1 aliphatic heterocycles. The lowest BCUT2D eigenvalue weighted by molar-refractivity contribution is 0.102. The molecule has 2 heterocycles. The maximum atomic E-state index is 12.1. The van der Waals surface area contributed by atoms with Crippen LogP contribution in [-0.2, 0) is 13.0 Å². The van der Waals surface area contributed by atoms with Crippen LogP contribution in [-0.4, -0.2) is 22.6 Å². The summed E-state index contributed by atoms with van der Waals surface area (Å²) in [5.41, 5.74) is 3.18. The second-order valence-corrected chi connectivity index (χ2v) is 5.67. The third kappa shape index (κ3) is 2.64. The van der Waals surface area contributed by atoms with E-state index in [1.807, 2.05) is 25.1 Å². The lowest BCUT2D eigenvalue weighted by Gasteiger charge is -2.17. The van der Waals surface area contributed by atoms with Crippen molar-refractivity contribution >= 4 is 22.4 Å². The SMILES string of the molecule is Cc1nnc(NC(=O)c2ccc3c(c2)CNCC3)s1. The lowest BCUT2D eigenvalue weighted by atomic mass is 9.98. The number of anilines is 1. The van der Waals surface area contributed by atoms with E-state index in [1.165, 1.54) is 22.5 Å². The number of aromatic nitrogens is 2. The smallest absolute Gasteiger partial charge is 0.257 e. The minimum atomic E-state index is -0.135. The quantitative estimate of drug-likeness (QED) is 0.875. The van der Waals surface area contributed by atoms with E-state index in [0.717, 1.165) is 24.5 Å². The maximum Gasteiger partial charge on any atom is 0.257 e. The molecule has 1 aliphatic rings. The molecule has 1 aromatic heterocycles. The van der Waals surface area contributed by atoms with Crippen molar-refractivity contribution in [2.24, 2.45) is 0 Å². The van der Waals surface area contributed by atoms with E-state index in [1.54, 1.807) is 0 Å². The van der Waals surface area contributed by atoms with Gasteiger partial charge >= 0.3 is 0 Å². The van der Waals surface area contributed by atoms with E-state index >= 15 is 0 Å². The van der Waals surface area contributed by atoms with E-state index < -0.39 is 0 Å². The van der Waals surface area contributed by atoms with Crippen molar-refractivity contribution in [3.8, 4) is 0 Å². The summed E-state index contributed by atoms with van der Waals surface area (Å²) >= 11 is 1.37. The van der Waals surface area contributed by atoms with Gasteiger partial charge in [-0.3, -0.25) is 10.1 Å². The number of aryl methyl sites for hydroxylation is 1. The summed E-state index contributed by atoms with van der Waals surface area (Å²) in [5, 5.41) is 15.2. The number of nitrogens with zero attached hydrogens (tertiary/aromatic N) is 2. The minimum Gasteiger partial charge on any atom is -0.312 e. The number of nitrogens with one attached hydrogen (secondary N) is 2. The molecular weight excluding hydrogens is 260 g/mol. The van der Waals surface area contributed by atoms with Gasteiger partial charge in [-0.2, -0.15) is 0 Å². The molecule has 0 radical (unpaired) electrons. The summed E-state index contributed by atoms with van der Waals surface area (Å²) < 4.78 is 0. The van der Waals surface area contributed by atoms with Crippen LogP contribution in [0.15, 0.2) is 18.2 Å². The molecule has 0 atom stereocenters. The Balaban J connectivity index is 1.80. The van der Waals surface area contributed by atoms with Crippen LogP contribution in [0.5, 0.6) is 0 Å². The highest BCUT2D eigenvalue weighted by atomic mass is 32.1. The van der Waals surface area contributed by atoms with Crippen LogP contribution < -0.4 is 10.6 Å². The Hall–Kier alpha value is -1.79. The lowest BCUT2D eigenvalue weighted by Crippen LogP contribution is -2.24. The van der Waals surface area contributed by atoms with E-state index in [2.05, 4.69) is 20.8 Å². The summed E-state index contributed by atoms with van der Waals surface area (Å²) in [4.78, 5) is 12.1. The van der Waals surface area contributed by atoms with Crippen molar-refractivity contribution in [1.29, 1.82) is 0 Å². The number of fused-ring (bicyclic) bond motifs is 1. The zero-order valence-corrected chi connectivity index (χ0v) is 11.4. The van der Waals surface area contributed by atoms with Crippen molar-refractivity contribution in [3.63, 3.8) is 0 Å². The Kier molecular flexibility index (Phi) is 3.27. The highest BCUT2D eigenvalue weighted by Crippen LogP contribution is 2.18. The molecule has 0 bridgehead atoms. The van der Waals surface area contributed by atoms with Gasteiger partial charge in [0, 0.05) is 12.1 Å². The molecule has 5 nitrogen and oxygen atoms in total. The normalized spacial score (nSPS) is 13.9. The Morgan fingerprint density at radius 2 is 2.26 bits per heavy atom. The van der Waals surface area contributed by atoms with E-state index in [9.17, 15) is 4.79 Å². The molecule has 0 aliphatic carbocycles. The van der Waals surface area contributed by atoms with Crippen molar-refractivity contribution in [2.75, 3.05) is 11.9 Å². The van der Waals surface area contributed by atoms with E-state index in [0.29, 0.717) is 10.7 Å². The van der Waals surface area contributed by atoms with Crippen LogP contribution in [0.4, 0.5) is 5.13 Å². The van der Waals surface area contributed by atoms with Gasteiger partial charge in [-0.25, -0.2) is 0 Å². The van der Waals surface area contributed by atoms with Gasteiger partial charge < -0.3 is 5.32 Å². The summed E-state index contributed by atoms with van der Waals surface area (Å²) in [6, 6.07) is 5.86. The number of carbonyl (C=O) groups excluding carboxylic acids is 1. The molecule has 0 saturated heterocycles. The first kappa shape index (κ1) is 12.3. The molecule has 1 aromatic carbocycles. The monoisotopic (exact) mass is 274 g/mol.